The Kier molecular flexibility index (Phi) is 13.0. The summed E-state index contributed by atoms with van der Waals surface area (Å²) >= 11 is 0. The highest BCUT2D eigenvalue weighted by atomic mass is 16.5. The lowest BCUT2D eigenvalue weighted by Crippen LogP contribution is -2.35. The number of phenolic OH excluding ortho intramolecular Hbond substituents is 2. The molecule has 0 aromatic heterocycles. The smallest absolute Gasteiger partial charge is 0.303 e. The van der Waals surface area contributed by atoms with Gasteiger partial charge in [-0.05, 0) is 56.6 Å². The zero-order valence-corrected chi connectivity index (χ0v) is 27.5. The maximum atomic E-state index is 13.2. The third kappa shape index (κ3) is 9.80. The van der Waals surface area contributed by atoms with Crippen LogP contribution in [0.15, 0.2) is 71.8 Å². The number of amides is 1. The molecule has 0 aliphatic carbocycles. The Morgan fingerprint density at radius 2 is 1.73 bits per heavy atom. The van der Waals surface area contributed by atoms with E-state index >= 15 is 0 Å². The average molecular weight is 620 g/mol. The highest BCUT2D eigenvalue weighted by molar-refractivity contribution is 6.04. The number of hydrogen-bond donors (Lipinski definition) is 4. The molecule has 0 fully saturated rings. The molecule has 0 unspecified atom stereocenters. The number of anilines is 1. The second-order valence-electron chi connectivity index (χ2n) is 12.4. The number of methoxy groups -OCH3 is 1. The Labute approximate surface area is 267 Å². The van der Waals surface area contributed by atoms with Crippen LogP contribution >= 0.6 is 0 Å². The van der Waals surface area contributed by atoms with Gasteiger partial charge in [0.05, 0.1) is 17.9 Å². The number of carbonyl (C=O) groups excluding carboxylic acids is 2. The van der Waals surface area contributed by atoms with Gasteiger partial charge in [-0.15, -0.1) is 0 Å². The second-order valence-corrected chi connectivity index (χ2v) is 12.4. The van der Waals surface area contributed by atoms with Gasteiger partial charge in [-0.1, -0.05) is 75.4 Å². The summed E-state index contributed by atoms with van der Waals surface area (Å²) in [6.07, 6.45) is 7.20. The molecule has 2 bridgehead atoms. The molecule has 1 heterocycles. The molecule has 6 atom stereocenters. The van der Waals surface area contributed by atoms with Crippen LogP contribution in [0.1, 0.15) is 64.7 Å². The maximum Gasteiger partial charge on any atom is 0.303 e. The minimum Gasteiger partial charge on any atom is -0.508 e. The topological polar surface area (TPSA) is 125 Å². The molecule has 4 N–H and O–H groups in total. The van der Waals surface area contributed by atoms with Gasteiger partial charge >= 0.3 is 5.97 Å². The molecule has 45 heavy (non-hydrogen) atoms. The molecule has 8 heteroatoms. The number of nitrogens with one attached hydrogen (secondary N) is 1. The lowest BCUT2D eigenvalue weighted by atomic mass is 9.85. The Hall–Kier alpha value is -3.88. The Balaban J connectivity index is 2.07. The molecule has 2 aromatic rings. The molecular weight excluding hydrogens is 570 g/mol. The molecule has 1 aliphatic rings. The predicted molar refractivity (Wildman–Crippen MR) is 177 cm³/mol. The SMILES string of the molecule is CO[C@H]1C[C@H](C)Cc2c(O)c(cc(O)c2CCc2ccccc2)NC(=O)/C(C)=C/C=C\[C@H](C)[C@@H](OC(C)=O)/C(C)=C/[C@H](C)[C@H]1O. The summed E-state index contributed by atoms with van der Waals surface area (Å²) in [5.41, 5.74) is 3.58. The van der Waals surface area contributed by atoms with Gasteiger partial charge in [-0.2, -0.15) is 0 Å². The first kappa shape index (κ1) is 35.6. The molecule has 8 nitrogen and oxygen atoms in total. The van der Waals surface area contributed by atoms with Crippen molar-refractivity contribution in [3.63, 3.8) is 0 Å². The maximum absolute atomic E-state index is 13.2. The molecule has 1 amide bonds. The van der Waals surface area contributed by atoms with Crippen LogP contribution in [0.5, 0.6) is 11.5 Å². The summed E-state index contributed by atoms with van der Waals surface area (Å²) in [5, 5.41) is 36.8. The van der Waals surface area contributed by atoms with E-state index in [0.717, 1.165) is 11.1 Å². The molecule has 244 valence electrons. The van der Waals surface area contributed by atoms with E-state index in [1.165, 1.54) is 13.0 Å². The fraction of sp³-hybridized carbons (Fsp3) is 0.459. The first-order valence-corrected chi connectivity index (χ1v) is 15.7. The highest BCUT2D eigenvalue weighted by Crippen LogP contribution is 2.40. The third-order valence-electron chi connectivity index (χ3n) is 8.52. The van der Waals surface area contributed by atoms with Gasteiger partial charge in [0.1, 0.15) is 17.6 Å². The van der Waals surface area contributed by atoms with E-state index in [0.29, 0.717) is 42.4 Å². The Bertz CT molecular complexity index is 1410. The summed E-state index contributed by atoms with van der Waals surface area (Å²) in [6, 6.07) is 11.3. The van der Waals surface area contributed by atoms with Crippen LogP contribution in [-0.2, 0) is 38.3 Å². The highest BCUT2D eigenvalue weighted by Gasteiger charge is 2.29. The number of aromatic hydroxyl groups is 2. The van der Waals surface area contributed by atoms with Crippen LogP contribution in [0.25, 0.3) is 0 Å². The molecule has 3 rings (SSSR count). The van der Waals surface area contributed by atoms with Gasteiger partial charge < -0.3 is 30.1 Å². The zero-order chi connectivity index (χ0) is 33.3. The number of aliphatic hydroxyl groups is 1. The van der Waals surface area contributed by atoms with Crippen LogP contribution in [-0.4, -0.2) is 52.6 Å². The first-order chi connectivity index (χ1) is 21.3. The average Bonchev–Trinajstić information content (AvgIpc) is 3.00. The number of allylic oxidation sites excluding steroid dienone is 2. The van der Waals surface area contributed by atoms with E-state index < -0.39 is 30.2 Å². The minimum atomic E-state index is -0.853. The van der Waals surface area contributed by atoms with Crippen molar-refractivity contribution in [1.82, 2.24) is 0 Å². The van der Waals surface area contributed by atoms with E-state index in [2.05, 4.69) is 5.32 Å². The monoisotopic (exact) mass is 619 g/mol. The fourth-order valence-corrected chi connectivity index (χ4v) is 5.98. The largest absolute Gasteiger partial charge is 0.508 e. The first-order valence-electron chi connectivity index (χ1n) is 15.7. The number of aryl methyl sites for hydroxylation is 1. The number of ether oxygens (including phenoxy) is 2. The van der Waals surface area contributed by atoms with E-state index in [-0.39, 0.29) is 34.9 Å². The number of aliphatic hydroxyl groups excluding tert-OH is 1. The normalized spacial score (nSPS) is 28.2. The van der Waals surface area contributed by atoms with Gasteiger partial charge in [0.15, 0.2) is 0 Å². The number of carbonyl (C=O) groups is 2. The van der Waals surface area contributed by atoms with Crippen LogP contribution < -0.4 is 5.32 Å². The molecule has 0 saturated carbocycles. The third-order valence-corrected chi connectivity index (χ3v) is 8.52. The standard InChI is InChI=1S/C37H49NO7/c1-22-18-30-29(17-16-28-14-9-8-10-15-28)32(40)21-31(35(30)42)38-37(43)24(3)13-11-12-23(2)36(45-27(6)39)26(5)20-25(4)34(41)33(19-22)44-7/h8-15,20-23,25,33-34,36,40-42H,16-19H2,1-7H3,(H,38,43)/b12-11-,24-13+,26-20+/t22-,23+,25+,33+,34-,36-/m1/s1. The predicted octanol–water partition coefficient (Wildman–Crippen LogP) is 6.43. The summed E-state index contributed by atoms with van der Waals surface area (Å²) < 4.78 is 11.4. The van der Waals surface area contributed by atoms with E-state index in [1.807, 2.05) is 70.2 Å². The minimum absolute atomic E-state index is 0.00319. The van der Waals surface area contributed by atoms with Crippen LogP contribution in [0.2, 0.25) is 0 Å². The number of fused-ring (bicyclic) bond motifs is 2. The fourth-order valence-electron chi connectivity index (χ4n) is 5.98. The zero-order valence-electron chi connectivity index (χ0n) is 27.5. The second kappa shape index (κ2) is 16.4. The molecule has 0 radical (unpaired) electrons. The van der Waals surface area contributed by atoms with Crippen molar-refractivity contribution in [2.45, 2.75) is 85.5 Å². The molecule has 2 aromatic carbocycles. The van der Waals surface area contributed by atoms with Crippen LogP contribution in [0.3, 0.4) is 0 Å². The molecule has 0 saturated heterocycles. The summed E-state index contributed by atoms with van der Waals surface area (Å²) in [6.45, 7) is 10.7. The number of benzene rings is 2. The van der Waals surface area contributed by atoms with Crippen molar-refractivity contribution in [3.8, 4) is 11.5 Å². The number of hydrogen-bond acceptors (Lipinski definition) is 7. The van der Waals surface area contributed by atoms with Crippen molar-refractivity contribution >= 4 is 17.6 Å². The van der Waals surface area contributed by atoms with Crippen LogP contribution in [0.4, 0.5) is 5.69 Å². The molecular formula is C37H49NO7. The van der Waals surface area contributed by atoms with Gasteiger partial charge in [-0.3, -0.25) is 9.59 Å². The van der Waals surface area contributed by atoms with E-state index in [9.17, 15) is 24.9 Å². The number of esters is 1. The number of rotatable bonds is 5. The van der Waals surface area contributed by atoms with Gasteiger partial charge in [0.2, 0.25) is 0 Å². The van der Waals surface area contributed by atoms with E-state index in [4.69, 9.17) is 9.47 Å². The lowest BCUT2D eigenvalue weighted by molar-refractivity contribution is -0.146. The molecule has 1 aliphatic heterocycles. The van der Waals surface area contributed by atoms with Crippen LogP contribution in [0, 0.1) is 17.8 Å². The van der Waals surface area contributed by atoms with Gasteiger partial charge in [0, 0.05) is 48.6 Å². The van der Waals surface area contributed by atoms with Crippen molar-refractivity contribution in [3.05, 3.63) is 88.5 Å². The summed E-state index contributed by atoms with van der Waals surface area (Å²) in [5.74, 6) is -1.55. The quantitative estimate of drug-likeness (QED) is 0.132. The molecule has 0 spiro atoms. The van der Waals surface area contributed by atoms with Crippen molar-refractivity contribution in [1.29, 1.82) is 0 Å². The van der Waals surface area contributed by atoms with Gasteiger partial charge in [-0.25, -0.2) is 0 Å². The van der Waals surface area contributed by atoms with E-state index in [1.54, 1.807) is 26.2 Å². The summed E-state index contributed by atoms with van der Waals surface area (Å²) in [7, 11) is 1.56. The Morgan fingerprint density at radius 1 is 1.04 bits per heavy atom. The van der Waals surface area contributed by atoms with Crippen molar-refractivity contribution < 1.29 is 34.4 Å². The van der Waals surface area contributed by atoms with Crippen molar-refractivity contribution in [2.24, 2.45) is 17.8 Å². The van der Waals surface area contributed by atoms with Gasteiger partial charge in [0.25, 0.3) is 5.91 Å². The summed E-state index contributed by atoms with van der Waals surface area (Å²) in [4.78, 5) is 25.1. The van der Waals surface area contributed by atoms with Crippen molar-refractivity contribution in [2.75, 3.05) is 12.4 Å². The lowest BCUT2D eigenvalue weighted by Gasteiger charge is -2.29. The Morgan fingerprint density at radius 3 is 2.38 bits per heavy atom. The number of phenols is 2.